The summed E-state index contributed by atoms with van der Waals surface area (Å²) in [5.41, 5.74) is 4.31. The first-order chi connectivity index (χ1) is 25.2. The van der Waals surface area contributed by atoms with Crippen LogP contribution in [0.4, 0.5) is 5.69 Å². The molecule has 0 saturated carbocycles. The number of nitrogens with one attached hydrogen (secondary N) is 1. The quantitative estimate of drug-likeness (QED) is 0.0532. The smallest absolute Gasteiger partial charge is 0.243 e. The maximum atomic E-state index is 13.9. The van der Waals surface area contributed by atoms with Gasteiger partial charge in [-0.3, -0.25) is 14.4 Å². The van der Waals surface area contributed by atoms with Gasteiger partial charge in [-0.1, -0.05) is 85.1 Å². The monoisotopic (exact) mass is 709 g/mol. The van der Waals surface area contributed by atoms with E-state index in [2.05, 4.69) is 15.6 Å². The number of amides is 2. The standard InChI is InChI=1S/C40H47N5O7/c1-2-14-35(47)41-24-13-5-3-4-6-16-29(46)17-8-12-21-36(48)44-26-28-15-7-9-18-30(28)38-37(31-19-10-11-20-33(31)44)42-43-45(38)34-25-27(39(49)50)22-23-32(34)40(51)52/h2,7,9-11,14-15,18-20,22-23,25,39-40,49-52H,3-6,8,12-13,16-17,21,24,26H2,1H3,(H,41,47)/b14-2+. The van der Waals surface area contributed by atoms with Gasteiger partial charge in [0.2, 0.25) is 11.8 Å². The van der Waals surface area contributed by atoms with Crippen LogP contribution in [0, 0.1) is 0 Å². The van der Waals surface area contributed by atoms with Crippen molar-refractivity contribution in [2.75, 3.05) is 11.4 Å². The molecular weight excluding hydrogens is 662 g/mol. The Morgan fingerprint density at radius 2 is 1.46 bits per heavy atom. The van der Waals surface area contributed by atoms with Gasteiger partial charge in [-0.25, -0.2) is 4.68 Å². The molecule has 274 valence electrons. The number of anilines is 1. The van der Waals surface area contributed by atoms with Gasteiger partial charge in [-0.15, -0.1) is 5.10 Å². The highest BCUT2D eigenvalue weighted by atomic mass is 16.5. The van der Waals surface area contributed by atoms with Gasteiger partial charge < -0.3 is 30.6 Å². The number of aliphatic hydroxyl groups excluding tert-OH is 2. The van der Waals surface area contributed by atoms with Crippen molar-refractivity contribution in [3.8, 4) is 28.2 Å². The fourth-order valence-electron chi connectivity index (χ4n) is 6.53. The highest BCUT2D eigenvalue weighted by Crippen LogP contribution is 2.42. The van der Waals surface area contributed by atoms with Crippen molar-refractivity contribution in [2.45, 2.75) is 90.3 Å². The van der Waals surface area contributed by atoms with Gasteiger partial charge in [-0.2, -0.15) is 0 Å². The third-order valence-corrected chi connectivity index (χ3v) is 9.23. The zero-order chi connectivity index (χ0) is 37.0. The largest absolute Gasteiger partial charge is 0.364 e. The second-order valence-electron chi connectivity index (χ2n) is 13.0. The number of aromatic nitrogens is 3. The molecule has 1 aromatic heterocycles. The van der Waals surface area contributed by atoms with Gasteiger partial charge in [0.25, 0.3) is 0 Å². The summed E-state index contributed by atoms with van der Waals surface area (Å²) < 4.78 is 1.47. The Morgan fingerprint density at radius 3 is 2.21 bits per heavy atom. The molecule has 1 aliphatic rings. The van der Waals surface area contributed by atoms with E-state index in [4.69, 9.17) is 0 Å². The topological polar surface area (TPSA) is 178 Å². The number of aliphatic hydroxyl groups is 4. The van der Waals surface area contributed by atoms with Crippen molar-refractivity contribution in [1.29, 1.82) is 0 Å². The molecular formula is C40H47N5O7. The first-order valence-electron chi connectivity index (χ1n) is 17.9. The summed E-state index contributed by atoms with van der Waals surface area (Å²) in [6.45, 7) is 2.72. The third-order valence-electron chi connectivity index (χ3n) is 9.23. The SMILES string of the molecule is C/C=C/C(=O)NCCCCCCCC(=O)CCCCC(=O)N1Cc2ccccc2-c2c(nnn2-c2cc(C(O)O)ccc2C(O)O)-c2ccccc21. The normalized spacial score (nSPS) is 12.4. The molecule has 52 heavy (non-hydrogen) atoms. The minimum atomic E-state index is -1.87. The number of ketones is 1. The van der Waals surface area contributed by atoms with Gasteiger partial charge in [0.1, 0.15) is 17.2 Å². The molecule has 0 unspecified atom stereocenters. The highest BCUT2D eigenvalue weighted by Gasteiger charge is 2.30. The second-order valence-corrected chi connectivity index (χ2v) is 13.0. The van der Waals surface area contributed by atoms with E-state index in [0.29, 0.717) is 54.9 Å². The number of allylic oxidation sites excluding steroid dienone is 1. The van der Waals surface area contributed by atoms with Crippen LogP contribution in [0.5, 0.6) is 0 Å². The Kier molecular flexibility index (Phi) is 13.6. The van der Waals surface area contributed by atoms with Crippen molar-refractivity contribution in [3.63, 3.8) is 0 Å². The lowest BCUT2D eigenvalue weighted by molar-refractivity contribution is -0.120. The molecule has 2 amide bonds. The van der Waals surface area contributed by atoms with Crippen molar-refractivity contribution in [2.24, 2.45) is 0 Å². The molecule has 0 saturated heterocycles. The molecule has 0 spiro atoms. The zero-order valence-electron chi connectivity index (χ0n) is 29.4. The minimum Gasteiger partial charge on any atom is -0.364 e. The van der Waals surface area contributed by atoms with Crippen LogP contribution in [0.2, 0.25) is 0 Å². The number of Topliss-reactive ketones (excluding diaryl/α,β-unsaturated/α-hetero) is 1. The lowest BCUT2D eigenvalue weighted by atomic mass is 9.95. The summed E-state index contributed by atoms with van der Waals surface area (Å²) in [5.74, 6) is 0.0598. The number of rotatable bonds is 17. The van der Waals surface area contributed by atoms with E-state index in [1.54, 1.807) is 11.0 Å². The third kappa shape index (κ3) is 9.45. The van der Waals surface area contributed by atoms with Crippen LogP contribution in [0.25, 0.3) is 28.2 Å². The van der Waals surface area contributed by atoms with Gasteiger partial charge in [-0.05, 0) is 56.4 Å². The van der Waals surface area contributed by atoms with E-state index in [1.807, 2.05) is 55.5 Å². The number of carbonyl (C=O) groups is 3. The predicted molar refractivity (Wildman–Crippen MR) is 197 cm³/mol. The summed E-state index contributed by atoms with van der Waals surface area (Å²) in [6.07, 6.45) is 6.77. The highest BCUT2D eigenvalue weighted by molar-refractivity contribution is 6.00. The van der Waals surface area contributed by atoms with Gasteiger partial charge in [0, 0.05) is 48.1 Å². The number of unbranched alkanes of at least 4 members (excludes halogenated alkanes) is 5. The number of nitrogens with zero attached hydrogens (tertiary/aromatic N) is 4. The lowest BCUT2D eigenvalue weighted by Gasteiger charge is -2.29. The minimum absolute atomic E-state index is 0.0707. The molecule has 0 bridgehead atoms. The molecule has 1 aliphatic heterocycles. The summed E-state index contributed by atoms with van der Waals surface area (Å²) in [4.78, 5) is 39.6. The first-order valence-corrected chi connectivity index (χ1v) is 17.9. The average Bonchev–Trinajstić information content (AvgIpc) is 3.57. The number of fused-ring (bicyclic) bond motifs is 5. The summed E-state index contributed by atoms with van der Waals surface area (Å²) in [5, 5.41) is 52.0. The fraction of sp³-hybridized carbons (Fsp3) is 0.375. The molecule has 12 nitrogen and oxygen atoms in total. The van der Waals surface area contributed by atoms with E-state index < -0.39 is 12.6 Å². The molecule has 12 heteroatoms. The fourth-order valence-corrected chi connectivity index (χ4v) is 6.53. The maximum Gasteiger partial charge on any atom is 0.243 e. The maximum absolute atomic E-state index is 13.9. The molecule has 5 N–H and O–H groups in total. The van der Waals surface area contributed by atoms with Crippen molar-refractivity contribution in [1.82, 2.24) is 20.3 Å². The predicted octanol–water partition coefficient (Wildman–Crippen LogP) is 5.58. The number of para-hydroxylation sites is 1. The number of hydrogen-bond acceptors (Lipinski definition) is 9. The van der Waals surface area contributed by atoms with E-state index in [-0.39, 0.29) is 47.4 Å². The molecule has 2 heterocycles. The van der Waals surface area contributed by atoms with Crippen LogP contribution < -0.4 is 10.2 Å². The van der Waals surface area contributed by atoms with E-state index >= 15 is 0 Å². The van der Waals surface area contributed by atoms with Gasteiger partial charge in [0.15, 0.2) is 12.6 Å². The van der Waals surface area contributed by atoms with E-state index in [9.17, 15) is 34.8 Å². The van der Waals surface area contributed by atoms with Crippen molar-refractivity contribution >= 4 is 23.3 Å². The molecule has 0 fully saturated rings. The Labute approximate surface area is 303 Å². The Morgan fingerprint density at radius 1 is 0.788 bits per heavy atom. The Bertz CT molecular complexity index is 1880. The van der Waals surface area contributed by atoms with Crippen molar-refractivity contribution in [3.05, 3.63) is 95.6 Å². The van der Waals surface area contributed by atoms with E-state index in [1.165, 1.54) is 29.0 Å². The molecule has 0 aliphatic carbocycles. The van der Waals surface area contributed by atoms with Crippen LogP contribution in [0.1, 0.15) is 100 Å². The number of benzene rings is 3. The van der Waals surface area contributed by atoms with Crippen LogP contribution in [0.15, 0.2) is 78.9 Å². The summed E-state index contributed by atoms with van der Waals surface area (Å²) in [6, 6.07) is 19.2. The second kappa shape index (κ2) is 18.5. The molecule has 0 radical (unpaired) electrons. The van der Waals surface area contributed by atoms with Crippen LogP contribution in [-0.2, 0) is 20.9 Å². The molecule has 4 aromatic rings. The van der Waals surface area contributed by atoms with Crippen LogP contribution in [0.3, 0.4) is 0 Å². The van der Waals surface area contributed by atoms with Gasteiger partial charge >= 0.3 is 0 Å². The molecule has 5 rings (SSSR count). The van der Waals surface area contributed by atoms with Crippen molar-refractivity contribution < 1.29 is 34.8 Å². The molecule has 0 atom stereocenters. The summed E-state index contributed by atoms with van der Waals surface area (Å²) >= 11 is 0. The Hall–Kier alpha value is -5.01. The molecule has 3 aromatic carbocycles. The number of hydrogen-bond donors (Lipinski definition) is 5. The van der Waals surface area contributed by atoms with Crippen LogP contribution >= 0.6 is 0 Å². The average molecular weight is 710 g/mol. The Balaban J connectivity index is 1.25. The van der Waals surface area contributed by atoms with Crippen LogP contribution in [-0.4, -0.2) is 59.6 Å². The van der Waals surface area contributed by atoms with E-state index in [0.717, 1.165) is 43.2 Å². The van der Waals surface area contributed by atoms with Gasteiger partial charge in [0.05, 0.1) is 17.9 Å². The number of carbonyl (C=O) groups excluding carboxylic acids is 3. The lowest BCUT2D eigenvalue weighted by Crippen LogP contribution is -2.31. The first kappa shape index (κ1) is 38.2. The zero-order valence-corrected chi connectivity index (χ0v) is 29.4. The summed E-state index contributed by atoms with van der Waals surface area (Å²) in [7, 11) is 0.